The van der Waals surface area contributed by atoms with E-state index in [2.05, 4.69) is 5.32 Å². The lowest BCUT2D eigenvalue weighted by Crippen LogP contribution is -2.65. The molecule has 0 unspecified atom stereocenters. The number of nitrogens with one attached hydrogen (secondary N) is 2. The summed E-state index contributed by atoms with van der Waals surface area (Å²) in [7, 11) is -4.55. The van der Waals surface area contributed by atoms with Gasteiger partial charge in [-0.25, -0.2) is 12.8 Å². The van der Waals surface area contributed by atoms with Crippen molar-refractivity contribution in [3.05, 3.63) is 35.6 Å². The highest BCUT2D eigenvalue weighted by Gasteiger charge is 2.57. The summed E-state index contributed by atoms with van der Waals surface area (Å²) in [5.74, 6) is -2.26. The van der Waals surface area contributed by atoms with Gasteiger partial charge in [0.1, 0.15) is 17.4 Å². The average Bonchev–Trinajstić information content (AvgIpc) is 3.45. The number of sulfone groups is 1. The first kappa shape index (κ1) is 25.6. The minimum absolute atomic E-state index is 0.0101. The monoisotopic (exact) mass is 474 g/mol. The van der Waals surface area contributed by atoms with E-state index >= 15 is 0 Å². The summed E-state index contributed by atoms with van der Waals surface area (Å²) in [6, 6.07) is 4.52. The molecule has 0 radical (unpaired) electrons. The van der Waals surface area contributed by atoms with Crippen LogP contribution < -0.4 is 10.6 Å². The molecule has 0 saturated heterocycles. The molecule has 2 N–H and O–H groups in total. The van der Waals surface area contributed by atoms with Gasteiger partial charge in [0.15, 0.2) is 9.84 Å². The van der Waals surface area contributed by atoms with E-state index in [9.17, 15) is 36.0 Å². The predicted octanol–water partition coefficient (Wildman–Crippen LogP) is 3.02. The molecule has 0 aromatic heterocycles. The molecule has 1 saturated carbocycles. The molecule has 174 valence electrons. The molecular formula is C20H22F4N4O3S. The molecule has 32 heavy (non-hydrogen) atoms. The number of carbonyl (C=O) groups is 1. The number of rotatable bonds is 10. The summed E-state index contributed by atoms with van der Waals surface area (Å²) in [6.07, 6.45) is -4.49. The van der Waals surface area contributed by atoms with Crippen molar-refractivity contribution in [2.45, 2.75) is 61.2 Å². The number of carbonyl (C=O) groups excluding carboxylic acids is 1. The van der Waals surface area contributed by atoms with Gasteiger partial charge in [0.2, 0.25) is 4.87 Å². The Hall–Kier alpha value is -2.70. The van der Waals surface area contributed by atoms with Crippen LogP contribution in [0.15, 0.2) is 24.3 Å². The normalized spacial score (nSPS) is 18.0. The fraction of sp³-hybridized carbons (Fsp3) is 0.550. The molecule has 0 heterocycles. The van der Waals surface area contributed by atoms with E-state index in [0.717, 1.165) is 18.2 Å². The van der Waals surface area contributed by atoms with Crippen LogP contribution in [0.4, 0.5) is 17.6 Å². The predicted molar refractivity (Wildman–Crippen MR) is 106 cm³/mol. The Morgan fingerprint density at radius 3 is 2.38 bits per heavy atom. The lowest BCUT2D eigenvalue weighted by molar-refractivity contribution is -0.162. The zero-order valence-electron chi connectivity index (χ0n) is 17.2. The van der Waals surface area contributed by atoms with Crippen molar-refractivity contribution in [2.75, 3.05) is 6.26 Å². The smallest absolute Gasteiger partial charge is 0.335 e. The Balaban J connectivity index is 2.56. The largest absolute Gasteiger partial charge is 0.407 e. The summed E-state index contributed by atoms with van der Waals surface area (Å²) in [4.78, 5) is 10.4. The first-order valence-corrected chi connectivity index (χ1v) is 11.6. The second-order valence-corrected chi connectivity index (χ2v) is 10.0. The van der Waals surface area contributed by atoms with Crippen molar-refractivity contribution in [1.82, 2.24) is 10.6 Å². The number of nitrogens with zero attached hydrogens (tertiary/aromatic N) is 2. The van der Waals surface area contributed by atoms with Crippen LogP contribution in [0.25, 0.3) is 0 Å². The van der Waals surface area contributed by atoms with Gasteiger partial charge in [-0.1, -0.05) is 12.1 Å². The van der Waals surface area contributed by atoms with Crippen LogP contribution in [0.2, 0.25) is 0 Å². The van der Waals surface area contributed by atoms with Gasteiger partial charge in [-0.3, -0.25) is 10.1 Å². The summed E-state index contributed by atoms with van der Waals surface area (Å²) in [5.41, 5.74) is -1.95. The third-order valence-electron chi connectivity index (χ3n) is 5.27. The zero-order valence-corrected chi connectivity index (χ0v) is 18.0. The summed E-state index contributed by atoms with van der Waals surface area (Å²) in [6.45, 7) is 0. The molecular weight excluding hydrogens is 452 g/mol. The number of nitriles is 2. The minimum atomic E-state index is -5.08. The van der Waals surface area contributed by atoms with Crippen molar-refractivity contribution in [1.29, 1.82) is 10.5 Å². The fourth-order valence-electron chi connectivity index (χ4n) is 3.27. The van der Waals surface area contributed by atoms with Gasteiger partial charge in [0.25, 0.3) is 5.91 Å². The van der Waals surface area contributed by atoms with Crippen LogP contribution >= 0.6 is 0 Å². The highest BCUT2D eigenvalue weighted by atomic mass is 32.2. The van der Waals surface area contributed by atoms with E-state index in [1.807, 2.05) is 17.5 Å². The van der Waals surface area contributed by atoms with Gasteiger partial charge in [0, 0.05) is 12.7 Å². The molecule has 7 nitrogen and oxygen atoms in total. The second-order valence-electron chi connectivity index (χ2n) is 7.79. The van der Waals surface area contributed by atoms with Gasteiger partial charge in [-0.2, -0.15) is 23.7 Å². The Bertz CT molecular complexity index is 1040. The highest BCUT2D eigenvalue weighted by molar-refractivity contribution is 7.92. The quantitative estimate of drug-likeness (QED) is 0.397. The van der Waals surface area contributed by atoms with Crippen molar-refractivity contribution in [3.8, 4) is 12.1 Å². The third-order valence-corrected chi connectivity index (χ3v) is 7.04. The van der Waals surface area contributed by atoms with Crippen LogP contribution in [-0.4, -0.2) is 37.2 Å². The van der Waals surface area contributed by atoms with E-state index in [1.165, 1.54) is 0 Å². The Kier molecular flexibility index (Phi) is 7.53. The van der Waals surface area contributed by atoms with E-state index in [0.29, 0.717) is 12.3 Å². The lowest BCUT2D eigenvalue weighted by Gasteiger charge is -2.37. The van der Waals surface area contributed by atoms with Crippen LogP contribution in [0.5, 0.6) is 0 Å². The molecule has 0 aliphatic heterocycles. The van der Waals surface area contributed by atoms with E-state index < -0.39 is 56.2 Å². The van der Waals surface area contributed by atoms with E-state index in [-0.39, 0.29) is 32.1 Å². The number of halogens is 4. The molecule has 12 heteroatoms. The van der Waals surface area contributed by atoms with E-state index in [4.69, 9.17) is 5.26 Å². The molecule has 1 aliphatic rings. The third kappa shape index (κ3) is 5.75. The molecule has 1 amide bonds. The lowest BCUT2D eigenvalue weighted by atomic mass is 10.0. The van der Waals surface area contributed by atoms with Crippen molar-refractivity contribution < 1.29 is 30.8 Å². The van der Waals surface area contributed by atoms with Gasteiger partial charge in [-0.15, -0.1) is 0 Å². The van der Waals surface area contributed by atoms with Crippen molar-refractivity contribution in [3.63, 3.8) is 0 Å². The highest BCUT2D eigenvalue weighted by Crippen LogP contribution is 2.39. The van der Waals surface area contributed by atoms with Gasteiger partial charge >= 0.3 is 6.18 Å². The molecule has 1 fully saturated rings. The fourth-order valence-corrected chi connectivity index (χ4v) is 4.51. The first-order valence-electron chi connectivity index (χ1n) is 9.70. The van der Waals surface area contributed by atoms with Crippen LogP contribution in [0.3, 0.4) is 0 Å². The van der Waals surface area contributed by atoms with Crippen molar-refractivity contribution in [2.24, 2.45) is 0 Å². The van der Waals surface area contributed by atoms with Crippen LogP contribution in [-0.2, 0) is 14.6 Å². The molecule has 0 bridgehead atoms. The minimum Gasteiger partial charge on any atom is -0.335 e. The summed E-state index contributed by atoms with van der Waals surface area (Å²) < 4.78 is 81.2. The molecule has 1 aromatic rings. The number of hydrogen-bond acceptors (Lipinski definition) is 6. The van der Waals surface area contributed by atoms with Gasteiger partial charge in [0.05, 0.1) is 12.1 Å². The Morgan fingerprint density at radius 2 is 1.91 bits per heavy atom. The Labute approximate surface area is 183 Å². The van der Waals surface area contributed by atoms with Gasteiger partial charge in [-0.05, 0) is 49.8 Å². The van der Waals surface area contributed by atoms with E-state index in [1.54, 1.807) is 0 Å². The summed E-state index contributed by atoms with van der Waals surface area (Å²) in [5, 5.41) is 22.2. The number of benzene rings is 1. The maximum atomic E-state index is 14.0. The Morgan fingerprint density at radius 1 is 1.25 bits per heavy atom. The molecule has 2 rings (SSSR count). The second kappa shape index (κ2) is 9.43. The maximum Gasteiger partial charge on any atom is 0.407 e. The molecule has 2 atom stereocenters. The van der Waals surface area contributed by atoms with Crippen LogP contribution in [0.1, 0.15) is 50.1 Å². The number of alkyl halides is 3. The zero-order chi connectivity index (χ0) is 24.2. The maximum absolute atomic E-state index is 14.0. The molecule has 1 aliphatic carbocycles. The van der Waals surface area contributed by atoms with Gasteiger partial charge < -0.3 is 5.32 Å². The number of unbranched alkanes of at least 4 members (excludes halogenated alkanes) is 2. The molecule has 1 aromatic carbocycles. The SMILES string of the molecule is CS(=O)(=O)[C@@](CCCCC#N)(N[C@@H](c1cccc(F)c1)C(F)(F)F)C(=O)NC1(C#N)CC1. The first-order chi connectivity index (χ1) is 14.8. The standard InChI is InChI=1S/C20H22F4N4O3S/c1-32(30,31)19(8-3-2-4-11-25,17(29)28-18(13-26)9-10-18)27-16(20(22,23)24)14-6-5-7-15(21)12-14/h5-7,12,16,27H,2-4,8-10H2,1H3,(H,28,29)/t16-,19+/m0/s1. The number of hydrogen-bond donors (Lipinski definition) is 2. The molecule has 0 spiro atoms. The number of amides is 1. The topological polar surface area (TPSA) is 123 Å². The summed E-state index contributed by atoms with van der Waals surface area (Å²) >= 11 is 0. The van der Waals surface area contributed by atoms with Crippen LogP contribution in [0, 0.1) is 28.5 Å². The van der Waals surface area contributed by atoms with Crippen molar-refractivity contribution >= 4 is 15.7 Å². The average molecular weight is 474 g/mol.